The van der Waals surface area contributed by atoms with Gasteiger partial charge in [0.25, 0.3) is 0 Å². The Morgan fingerprint density at radius 2 is 1.81 bits per heavy atom. The summed E-state index contributed by atoms with van der Waals surface area (Å²) in [4.78, 5) is 17.2. The Morgan fingerprint density at radius 1 is 1.06 bits per heavy atom. The molecular weight excluding hydrogens is 470 g/mol. The summed E-state index contributed by atoms with van der Waals surface area (Å²) in [5, 5.41) is 3.97. The minimum Gasteiger partial charge on any atom is -0.494 e. The summed E-state index contributed by atoms with van der Waals surface area (Å²) in [5.41, 5.74) is 4.33. The van der Waals surface area contributed by atoms with Gasteiger partial charge in [-0.2, -0.15) is 0 Å². The molecule has 2 aromatic carbocycles. The first-order chi connectivity index (χ1) is 17.5. The smallest absolute Gasteiger partial charge is 0.223 e. The summed E-state index contributed by atoms with van der Waals surface area (Å²) >= 11 is 6.28. The maximum atomic E-state index is 12.3. The summed E-state index contributed by atoms with van der Waals surface area (Å²) in [6.07, 6.45) is 10.8. The minimum absolute atomic E-state index is 0.246. The number of benzene rings is 2. The first kappa shape index (κ1) is 26.5. The lowest BCUT2D eigenvalue weighted by atomic mass is 9.89. The van der Waals surface area contributed by atoms with Gasteiger partial charge in [0.2, 0.25) is 5.91 Å². The average molecular weight is 510 g/mol. The fourth-order valence-electron chi connectivity index (χ4n) is 5.27. The van der Waals surface area contributed by atoms with E-state index in [-0.39, 0.29) is 11.8 Å². The van der Waals surface area contributed by atoms with Gasteiger partial charge >= 0.3 is 0 Å². The molecule has 1 fully saturated rings. The molecule has 1 heterocycles. The standard InChI is InChI=1S/C30H40ClN3O2/c1-22-20-25(21-23(2)29(22)31)36-19-11-18-34-27-15-9-8-14-26(27)33-28(34)16-7-4-10-17-32-30(35)24-12-5-3-6-13-24/h8-9,14-15,20-21,24H,3-7,10-13,16-19H2,1-2H3,(H,32,35). The van der Waals surface area contributed by atoms with Crippen LogP contribution >= 0.6 is 11.6 Å². The van der Waals surface area contributed by atoms with Gasteiger partial charge in [0.1, 0.15) is 11.6 Å². The van der Waals surface area contributed by atoms with Crippen molar-refractivity contribution in [2.75, 3.05) is 13.2 Å². The number of halogens is 1. The molecule has 1 aliphatic carbocycles. The van der Waals surface area contributed by atoms with Gasteiger partial charge in [-0.25, -0.2) is 4.98 Å². The lowest BCUT2D eigenvalue weighted by Gasteiger charge is -2.20. The lowest BCUT2D eigenvalue weighted by molar-refractivity contribution is -0.125. The number of aromatic nitrogens is 2. The van der Waals surface area contributed by atoms with Gasteiger partial charge in [-0.15, -0.1) is 0 Å². The summed E-state index contributed by atoms with van der Waals surface area (Å²) in [6.45, 7) is 6.33. The summed E-state index contributed by atoms with van der Waals surface area (Å²) in [7, 11) is 0. The van der Waals surface area contributed by atoms with E-state index < -0.39 is 0 Å². The molecule has 5 nitrogen and oxygen atoms in total. The van der Waals surface area contributed by atoms with Crippen molar-refractivity contribution >= 4 is 28.5 Å². The molecule has 0 atom stereocenters. The number of rotatable bonds is 12. The van der Waals surface area contributed by atoms with Crippen molar-refractivity contribution in [3.63, 3.8) is 0 Å². The Kier molecular flexibility index (Phi) is 9.68. The van der Waals surface area contributed by atoms with Crippen LogP contribution in [0.4, 0.5) is 0 Å². The average Bonchev–Trinajstić information content (AvgIpc) is 3.24. The molecule has 4 rings (SSSR count). The zero-order valence-corrected chi connectivity index (χ0v) is 22.6. The zero-order chi connectivity index (χ0) is 25.3. The van der Waals surface area contributed by atoms with E-state index in [0.29, 0.717) is 6.61 Å². The van der Waals surface area contributed by atoms with Gasteiger partial charge < -0.3 is 14.6 Å². The van der Waals surface area contributed by atoms with E-state index in [1.54, 1.807) is 0 Å². The van der Waals surface area contributed by atoms with Crippen molar-refractivity contribution in [3.8, 4) is 5.75 Å². The number of ether oxygens (including phenoxy) is 1. The predicted molar refractivity (Wildman–Crippen MR) is 148 cm³/mol. The molecule has 6 heteroatoms. The Morgan fingerprint density at radius 3 is 2.58 bits per heavy atom. The van der Waals surface area contributed by atoms with Crippen LogP contribution < -0.4 is 10.1 Å². The maximum Gasteiger partial charge on any atom is 0.223 e. The zero-order valence-electron chi connectivity index (χ0n) is 21.8. The second kappa shape index (κ2) is 13.1. The fraction of sp³-hybridized carbons (Fsp3) is 0.533. The molecule has 0 unspecified atom stereocenters. The van der Waals surface area contributed by atoms with Crippen molar-refractivity contribution < 1.29 is 9.53 Å². The van der Waals surface area contributed by atoms with E-state index >= 15 is 0 Å². The largest absolute Gasteiger partial charge is 0.494 e. The number of amides is 1. The van der Waals surface area contributed by atoms with Crippen molar-refractivity contribution in [1.82, 2.24) is 14.9 Å². The maximum absolute atomic E-state index is 12.3. The molecule has 0 radical (unpaired) electrons. The number of nitrogens with one attached hydrogen (secondary N) is 1. The van der Waals surface area contributed by atoms with Gasteiger partial charge in [-0.05, 0) is 81.3 Å². The molecule has 3 aromatic rings. The number of fused-ring (bicyclic) bond motifs is 1. The van der Waals surface area contributed by atoms with E-state index in [4.69, 9.17) is 21.3 Å². The molecule has 194 valence electrons. The Bertz CT molecular complexity index is 1130. The van der Waals surface area contributed by atoms with Crippen molar-refractivity contribution in [3.05, 3.63) is 58.4 Å². The van der Waals surface area contributed by atoms with E-state index in [1.165, 1.54) is 24.8 Å². The summed E-state index contributed by atoms with van der Waals surface area (Å²) in [6, 6.07) is 12.4. The number of unbranched alkanes of at least 4 members (excludes halogenated alkanes) is 2. The second-order valence-corrected chi connectivity index (χ2v) is 10.6. The third-order valence-electron chi connectivity index (χ3n) is 7.29. The highest BCUT2D eigenvalue weighted by molar-refractivity contribution is 6.32. The monoisotopic (exact) mass is 509 g/mol. The first-order valence-corrected chi connectivity index (χ1v) is 14.0. The van der Waals surface area contributed by atoms with Gasteiger partial charge in [0.15, 0.2) is 0 Å². The number of aryl methyl sites for hydroxylation is 4. The van der Waals surface area contributed by atoms with Crippen molar-refractivity contribution in [2.24, 2.45) is 5.92 Å². The Balaban J connectivity index is 1.24. The number of hydrogen-bond donors (Lipinski definition) is 1. The third-order valence-corrected chi connectivity index (χ3v) is 7.89. The fourth-order valence-corrected chi connectivity index (χ4v) is 5.38. The molecular formula is C30H40ClN3O2. The lowest BCUT2D eigenvalue weighted by Crippen LogP contribution is -2.32. The molecule has 0 saturated heterocycles. The molecule has 1 N–H and O–H groups in total. The highest BCUT2D eigenvalue weighted by Gasteiger charge is 2.20. The van der Waals surface area contributed by atoms with Crippen LogP contribution in [0.1, 0.15) is 74.7 Å². The van der Waals surface area contributed by atoms with Gasteiger partial charge in [-0.1, -0.05) is 49.4 Å². The van der Waals surface area contributed by atoms with E-state index in [0.717, 1.165) is 91.3 Å². The topological polar surface area (TPSA) is 56.1 Å². The van der Waals surface area contributed by atoms with E-state index in [2.05, 4.69) is 28.1 Å². The van der Waals surface area contributed by atoms with Crippen LogP contribution in [0.2, 0.25) is 5.02 Å². The third kappa shape index (κ3) is 7.03. The van der Waals surface area contributed by atoms with Crippen LogP contribution in [0.3, 0.4) is 0 Å². The summed E-state index contributed by atoms with van der Waals surface area (Å²) < 4.78 is 8.38. The molecule has 1 aliphatic rings. The van der Waals surface area contributed by atoms with Crippen LogP contribution in [0.15, 0.2) is 36.4 Å². The number of hydrogen-bond acceptors (Lipinski definition) is 3. The Labute approximate surface area is 220 Å². The van der Waals surface area contributed by atoms with E-state index in [1.807, 2.05) is 32.0 Å². The number of nitrogens with zero attached hydrogens (tertiary/aromatic N) is 2. The molecule has 36 heavy (non-hydrogen) atoms. The molecule has 1 aromatic heterocycles. The van der Waals surface area contributed by atoms with Crippen LogP contribution in [-0.2, 0) is 17.8 Å². The quantitative estimate of drug-likeness (QED) is 0.263. The normalized spacial score (nSPS) is 14.3. The number of carbonyl (C=O) groups is 1. The van der Waals surface area contributed by atoms with Gasteiger partial charge in [-0.3, -0.25) is 4.79 Å². The predicted octanol–water partition coefficient (Wildman–Crippen LogP) is 7.18. The van der Waals surface area contributed by atoms with Crippen LogP contribution in [0.25, 0.3) is 11.0 Å². The van der Waals surface area contributed by atoms with Crippen LogP contribution in [-0.4, -0.2) is 28.6 Å². The first-order valence-electron chi connectivity index (χ1n) is 13.6. The highest BCUT2D eigenvalue weighted by atomic mass is 35.5. The second-order valence-electron chi connectivity index (χ2n) is 10.2. The SMILES string of the molecule is Cc1cc(OCCCn2c(CCCCCNC(=O)C3CCCCC3)nc3ccccc32)cc(C)c1Cl. The van der Waals surface area contributed by atoms with Crippen LogP contribution in [0.5, 0.6) is 5.75 Å². The number of para-hydroxylation sites is 2. The van der Waals surface area contributed by atoms with Gasteiger partial charge in [0.05, 0.1) is 17.6 Å². The van der Waals surface area contributed by atoms with Crippen molar-refractivity contribution in [2.45, 2.75) is 84.6 Å². The molecule has 0 bridgehead atoms. The molecule has 0 spiro atoms. The van der Waals surface area contributed by atoms with Crippen molar-refractivity contribution in [1.29, 1.82) is 0 Å². The molecule has 1 amide bonds. The molecule has 1 saturated carbocycles. The van der Waals surface area contributed by atoms with Gasteiger partial charge in [0, 0.05) is 30.5 Å². The minimum atomic E-state index is 0.246. The van der Waals surface area contributed by atoms with E-state index in [9.17, 15) is 4.79 Å². The highest BCUT2D eigenvalue weighted by Crippen LogP contribution is 2.26. The van der Waals surface area contributed by atoms with Crippen LogP contribution in [0, 0.1) is 19.8 Å². The molecule has 0 aliphatic heterocycles. The summed E-state index contributed by atoms with van der Waals surface area (Å²) in [5.74, 6) is 2.53. The number of carbonyl (C=O) groups excluding carboxylic acids is 1. The number of imidazole rings is 1. The Hall–Kier alpha value is -2.53.